The van der Waals surface area contributed by atoms with Gasteiger partial charge in [-0.1, -0.05) is 13.3 Å². The molecule has 0 N–H and O–H groups in total. The van der Waals surface area contributed by atoms with Crippen molar-refractivity contribution >= 4 is 23.2 Å². The molecule has 0 aliphatic heterocycles. The molecule has 0 aromatic carbocycles. The number of allylic oxidation sites excluding steroid dienone is 1. The van der Waals surface area contributed by atoms with Crippen LogP contribution in [0.15, 0.2) is 24.3 Å². The summed E-state index contributed by atoms with van der Waals surface area (Å²) >= 11 is 1.58. The highest BCUT2D eigenvalue weighted by molar-refractivity contribution is 7.14. The van der Waals surface area contributed by atoms with Gasteiger partial charge < -0.3 is 0 Å². The standard InChI is InChI=1S/C15H18N2OS/c1-4-5-13-7-9-15(19-13)14(18)8-6-12-10-11(2)17(3)16-12/h6-10H,4-5H2,1-3H3/b8-6+. The van der Waals surface area contributed by atoms with Gasteiger partial charge in [-0.25, -0.2) is 0 Å². The quantitative estimate of drug-likeness (QED) is 0.616. The average molecular weight is 274 g/mol. The van der Waals surface area contributed by atoms with Gasteiger partial charge in [0.15, 0.2) is 5.78 Å². The minimum absolute atomic E-state index is 0.0515. The molecule has 0 radical (unpaired) electrons. The molecule has 0 unspecified atom stereocenters. The number of carbonyl (C=O) groups is 1. The number of aryl methyl sites for hydroxylation is 3. The zero-order valence-electron chi connectivity index (χ0n) is 11.5. The van der Waals surface area contributed by atoms with Crippen LogP contribution in [0.3, 0.4) is 0 Å². The summed E-state index contributed by atoms with van der Waals surface area (Å²) in [5.41, 5.74) is 1.90. The normalized spacial score (nSPS) is 11.3. The maximum absolute atomic E-state index is 12.0. The largest absolute Gasteiger partial charge is 0.288 e. The highest BCUT2D eigenvalue weighted by Crippen LogP contribution is 2.19. The minimum Gasteiger partial charge on any atom is -0.288 e. The van der Waals surface area contributed by atoms with Crippen LogP contribution < -0.4 is 0 Å². The lowest BCUT2D eigenvalue weighted by Gasteiger charge is -1.90. The van der Waals surface area contributed by atoms with Crippen molar-refractivity contribution in [2.45, 2.75) is 26.7 Å². The fraction of sp³-hybridized carbons (Fsp3) is 0.333. The molecule has 2 aromatic rings. The summed E-state index contributed by atoms with van der Waals surface area (Å²) < 4.78 is 1.80. The van der Waals surface area contributed by atoms with Gasteiger partial charge in [0.25, 0.3) is 0 Å². The number of hydrogen-bond donors (Lipinski definition) is 0. The molecule has 0 fully saturated rings. The van der Waals surface area contributed by atoms with E-state index in [-0.39, 0.29) is 5.78 Å². The summed E-state index contributed by atoms with van der Waals surface area (Å²) in [5, 5.41) is 4.29. The van der Waals surface area contributed by atoms with E-state index < -0.39 is 0 Å². The summed E-state index contributed by atoms with van der Waals surface area (Å²) in [4.78, 5) is 14.1. The van der Waals surface area contributed by atoms with Crippen LogP contribution >= 0.6 is 11.3 Å². The fourth-order valence-corrected chi connectivity index (χ4v) is 2.83. The molecule has 2 rings (SSSR count). The Labute approximate surface area is 117 Å². The van der Waals surface area contributed by atoms with Crippen LogP contribution in [0, 0.1) is 6.92 Å². The van der Waals surface area contributed by atoms with E-state index in [1.807, 2.05) is 32.2 Å². The number of nitrogens with zero attached hydrogens (tertiary/aromatic N) is 2. The Hall–Kier alpha value is -1.68. The van der Waals surface area contributed by atoms with Gasteiger partial charge in [0.2, 0.25) is 0 Å². The number of aromatic nitrogens is 2. The first kappa shape index (κ1) is 13.7. The van der Waals surface area contributed by atoms with Crippen molar-refractivity contribution < 1.29 is 4.79 Å². The predicted octanol–water partition coefficient (Wildman–Crippen LogP) is 3.64. The molecule has 2 aromatic heterocycles. The maximum atomic E-state index is 12.0. The highest BCUT2D eigenvalue weighted by Gasteiger charge is 2.06. The van der Waals surface area contributed by atoms with Crippen LogP contribution in [0.25, 0.3) is 6.08 Å². The highest BCUT2D eigenvalue weighted by atomic mass is 32.1. The van der Waals surface area contributed by atoms with Crippen molar-refractivity contribution in [2.24, 2.45) is 7.05 Å². The molecule has 19 heavy (non-hydrogen) atoms. The second kappa shape index (κ2) is 5.97. The van der Waals surface area contributed by atoms with Gasteiger partial charge in [-0.2, -0.15) is 5.10 Å². The number of ketones is 1. The molecule has 0 saturated carbocycles. The summed E-state index contributed by atoms with van der Waals surface area (Å²) in [7, 11) is 1.89. The molecule has 3 nitrogen and oxygen atoms in total. The summed E-state index contributed by atoms with van der Waals surface area (Å²) in [5.74, 6) is 0.0515. The van der Waals surface area contributed by atoms with Crippen molar-refractivity contribution in [1.29, 1.82) is 0 Å². The molecule has 0 amide bonds. The third-order valence-corrected chi connectivity index (χ3v) is 4.10. The van der Waals surface area contributed by atoms with E-state index in [2.05, 4.69) is 12.0 Å². The summed E-state index contributed by atoms with van der Waals surface area (Å²) in [6.45, 7) is 4.13. The monoisotopic (exact) mass is 274 g/mol. The zero-order chi connectivity index (χ0) is 13.8. The van der Waals surface area contributed by atoms with E-state index in [1.54, 1.807) is 28.2 Å². The summed E-state index contributed by atoms with van der Waals surface area (Å²) in [6, 6.07) is 5.91. The number of thiophene rings is 1. The van der Waals surface area contributed by atoms with Crippen molar-refractivity contribution in [2.75, 3.05) is 0 Å². The molecular weight excluding hydrogens is 256 g/mol. The van der Waals surface area contributed by atoms with Gasteiger partial charge in [-0.05, 0) is 43.7 Å². The van der Waals surface area contributed by atoms with Crippen LogP contribution in [0.4, 0.5) is 0 Å². The molecule has 4 heteroatoms. The van der Waals surface area contributed by atoms with E-state index >= 15 is 0 Å². The molecule has 0 saturated heterocycles. The van der Waals surface area contributed by atoms with E-state index in [9.17, 15) is 4.79 Å². The molecule has 0 aliphatic rings. The Balaban J connectivity index is 2.07. The van der Waals surface area contributed by atoms with Gasteiger partial charge >= 0.3 is 0 Å². The van der Waals surface area contributed by atoms with Gasteiger partial charge in [-0.15, -0.1) is 11.3 Å². The fourth-order valence-electron chi connectivity index (χ4n) is 1.80. The van der Waals surface area contributed by atoms with Crippen molar-refractivity contribution in [1.82, 2.24) is 9.78 Å². The van der Waals surface area contributed by atoms with E-state index in [4.69, 9.17) is 0 Å². The van der Waals surface area contributed by atoms with Crippen molar-refractivity contribution in [3.63, 3.8) is 0 Å². The Morgan fingerprint density at radius 1 is 1.47 bits per heavy atom. The minimum atomic E-state index is 0.0515. The number of rotatable bonds is 5. The van der Waals surface area contributed by atoms with Crippen LogP contribution in [0.2, 0.25) is 0 Å². The van der Waals surface area contributed by atoms with Crippen molar-refractivity contribution in [3.8, 4) is 0 Å². The van der Waals surface area contributed by atoms with Gasteiger partial charge in [0.1, 0.15) is 0 Å². The van der Waals surface area contributed by atoms with Gasteiger partial charge in [-0.3, -0.25) is 9.48 Å². The molecular formula is C15H18N2OS. The Bertz CT molecular complexity index is 588. The van der Waals surface area contributed by atoms with E-state index in [0.29, 0.717) is 0 Å². The number of hydrogen-bond acceptors (Lipinski definition) is 3. The smallest absolute Gasteiger partial charge is 0.195 e. The van der Waals surface area contributed by atoms with Crippen LogP contribution in [0.5, 0.6) is 0 Å². The third kappa shape index (κ3) is 3.41. The lowest BCUT2D eigenvalue weighted by atomic mass is 10.2. The zero-order valence-corrected chi connectivity index (χ0v) is 12.3. The lowest BCUT2D eigenvalue weighted by Crippen LogP contribution is -1.92. The van der Waals surface area contributed by atoms with Crippen LogP contribution in [0.1, 0.15) is 39.3 Å². The number of carbonyl (C=O) groups excluding carboxylic acids is 1. The Morgan fingerprint density at radius 2 is 2.26 bits per heavy atom. The van der Waals surface area contributed by atoms with E-state index in [0.717, 1.165) is 29.1 Å². The molecule has 100 valence electrons. The third-order valence-electron chi connectivity index (χ3n) is 2.94. The molecule has 0 bridgehead atoms. The van der Waals surface area contributed by atoms with Crippen LogP contribution in [-0.4, -0.2) is 15.6 Å². The first-order valence-corrected chi connectivity index (χ1v) is 7.23. The lowest BCUT2D eigenvalue weighted by molar-refractivity contribution is 0.105. The molecule has 0 spiro atoms. The molecule has 2 heterocycles. The van der Waals surface area contributed by atoms with Crippen LogP contribution in [-0.2, 0) is 13.5 Å². The first-order chi connectivity index (χ1) is 9.10. The van der Waals surface area contributed by atoms with Gasteiger partial charge in [0, 0.05) is 17.6 Å². The Morgan fingerprint density at radius 3 is 2.89 bits per heavy atom. The maximum Gasteiger partial charge on any atom is 0.195 e. The second-order valence-electron chi connectivity index (χ2n) is 4.55. The molecule has 0 aliphatic carbocycles. The second-order valence-corrected chi connectivity index (χ2v) is 5.72. The Kier molecular flexibility index (Phi) is 4.32. The topological polar surface area (TPSA) is 34.9 Å². The van der Waals surface area contributed by atoms with Gasteiger partial charge in [0.05, 0.1) is 10.6 Å². The average Bonchev–Trinajstić information content (AvgIpc) is 2.95. The first-order valence-electron chi connectivity index (χ1n) is 6.42. The molecule has 0 atom stereocenters. The van der Waals surface area contributed by atoms with Crippen molar-refractivity contribution in [3.05, 3.63) is 45.4 Å². The van der Waals surface area contributed by atoms with E-state index in [1.165, 1.54) is 4.88 Å². The SMILES string of the molecule is CCCc1ccc(C(=O)/C=C/c2cc(C)n(C)n2)s1. The summed E-state index contributed by atoms with van der Waals surface area (Å²) in [6.07, 6.45) is 5.52. The predicted molar refractivity (Wildman–Crippen MR) is 79.6 cm³/mol.